The second-order valence-corrected chi connectivity index (χ2v) is 6.26. The number of hydrogen-bond donors (Lipinski definition) is 3. The number of anilines is 2. The zero-order valence-electron chi connectivity index (χ0n) is 11.7. The fraction of sp³-hybridized carbons (Fsp3) is 0.0714. The van der Waals surface area contributed by atoms with Crippen LogP contribution in [0.3, 0.4) is 0 Å². The third-order valence-electron chi connectivity index (χ3n) is 2.66. The lowest BCUT2D eigenvalue weighted by molar-refractivity contribution is 0.0735. The van der Waals surface area contributed by atoms with E-state index in [-0.39, 0.29) is 0 Å². The van der Waals surface area contributed by atoms with Gasteiger partial charge in [0.25, 0.3) is 0 Å². The Balaban J connectivity index is 2.05. The summed E-state index contributed by atoms with van der Waals surface area (Å²) in [5.41, 5.74) is 3.84. The van der Waals surface area contributed by atoms with E-state index < -0.39 is 16.0 Å². The maximum atomic E-state index is 12.0. The van der Waals surface area contributed by atoms with Gasteiger partial charge in [-0.05, 0) is 48.5 Å². The predicted molar refractivity (Wildman–Crippen MR) is 84.1 cm³/mol. The molecule has 2 rings (SSSR count). The lowest BCUT2D eigenvalue weighted by Gasteiger charge is -2.07. The molecule has 116 valence electrons. The second-order valence-electron chi connectivity index (χ2n) is 4.51. The lowest BCUT2D eigenvalue weighted by atomic mass is 10.2. The highest BCUT2D eigenvalue weighted by Crippen LogP contribution is 2.17. The van der Waals surface area contributed by atoms with E-state index in [1.165, 1.54) is 24.3 Å². The fourth-order valence-electron chi connectivity index (χ4n) is 1.67. The summed E-state index contributed by atoms with van der Waals surface area (Å²) in [5.74, 6) is 5.08. The molecule has 0 bridgehead atoms. The van der Waals surface area contributed by atoms with E-state index >= 15 is 0 Å². The van der Waals surface area contributed by atoms with Crippen molar-refractivity contribution in [1.82, 2.24) is 0 Å². The monoisotopic (exact) mass is 321 g/mol. The summed E-state index contributed by atoms with van der Waals surface area (Å²) in [5, 5.41) is 0. The third-order valence-corrected chi connectivity index (χ3v) is 3.26. The average Bonchev–Trinajstić information content (AvgIpc) is 2.47. The SMILES string of the molecule is CS(=O)(=O)Nc1ccc(C(=O)Oc2ccc(NN)cc2)cc1. The Labute approximate surface area is 128 Å². The van der Waals surface area contributed by atoms with Gasteiger partial charge in [-0.25, -0.2) is 13.2 Å². The van der Waals surface area contributed by atoms with Gasteiger partial charge in [0.05, 0.1) is 11.8 Å². The van der Waals surface area contributed by atoms with Gasteiger partial charge in [0.2, 0.25) is 10.0 Å². The standard InChI is InChI=1S/C14H15N3O4S/c1-22(19,20)17-12-4-2-10(3-5-12)14(18)21-13-8-6-11(16-15)7-9-13/h2-9,16-17H,15H2,1H3. The molecule has 0 radical (unpaired) electrons. The van der Waals surface area contributed by atoms with Crippen LogP contribution in [-0.4, -0.2) is 20.6 Å². The molecule has 0 aliphatic carbocycles. The second kappa shape index (κ2) is 6.46. The smallest absolute Gasteiger partial charge is 0.343 e. The van der Waals surface area contributed by atoms with Gasteiger partial charge in [0, 0.05) is 11.4 Å². The molecule has 0 saturated carbocycles. The van der Waals surface area contributed by atoms with Gasteiger partial charge in [-0.3, -0.25) is 10.6 Å². The van der Waals surface area contributed by atoms with Gasteiger partial charge < -0.3 is 10.2 Å². The summed E-state index contributed by atoms with van der Waals surface area (Å²) in [6.07, 6.45) is 1.05. The molecule has 8 heteroatoms. The van der Waals surface area contributed by atoms with Crippen molar-refractivity contribution in [2.24, 2.45) is 5.84 Å². The number of nitrogens with two attached hydrogens (primary N) is 1. The van der Waals surface area contributed by atoms with Crippen molar-refractivity contribution in [1.29, 1.82) is 0 Å². The molecule has 0 aliphatic heterocycles. The van der Waals surface area contributed by atoms with Gasteiger partial charge in [0.1, 0.15) is 5.75 Å². The molecule has 4 N–H and O–H groups in total. The van der Waals surface area contributed by atoms with E-state index in [1.54, 1.807) is 24.3 Å². The average molecular weight is 321 g/mol. The minimum absolute atomic E-state index is 0.306. The Morgan fingerprint density at radius 1 is 1.00 bits per heavy atom. The van der Waals surface area contributed by atoms with E-state index in [0.29, 0.717) is 22.7 Å². The molecule has 0 amide bonds. The van der Waals surface area contributed by atoms with Crippen molar-refractivity contribution in [3.05, 3.63) is 54.1 Å². The summed E-state index contributed by atoms with van der Waals surface area (Å²) in [6.45, 7) is 0. The Bertz CT molecular complexity index is 756. The molecular weight excluding hydrogens is 306 g/mol. The van der Waals surface area contributed by atoms with Crippen molar-refractivity contribution >= 4 is 27.4 Å². The van der Waals surface area contributed by atoms with Crippen LogP contribution in [0.1, 0.15) is 10.4 Å². The van der Waals surface area contributed by atoms with Crippen LogP contribution in [-0.2, 0) is 10.0 Å². The van der Waals surface area contributed by atoms with E-state index in [0.717, 1.165) is 6.26 Å². The Kier molecular flexibility index (Phi) is 4.64. The number of nitrogens with one attached hydrogen (secondary N) is 2. The Morgan fingerprint density at radius 3 is 2.05 bits per heavy atom. The first-order valence-corrected chi connectivity index (χ1v) is 8.13. The summed E-state index contributed by atoms with van der Waals surface area (Å²) >= 11 is 0. The third kappa shape index (κ3) is 4.47. The molecule has 0 aliphatic rings. The van der Waals surface area contributed by atoms with Crippen LogP contribution in [0.25, 0.3) is 0 Å². The van der Waals surface area contributed by atoms with Gasteiger partial charge in [-0.2, -0.15) is 0 Å². The Morgan fingerprint density at radius 2 is 1.55 bits per heavy atom. The van der Waals surface area contributed by atoms with Crippen molar-refractivity contribution < 1.29 is 17.9 Å². The van der Waals surface area contributed by atoms with Gasteiger partial charge in [-0.15, -0.1) is 0 Å². The van der Waals surface area contributed by atoms with Crippen LogP contribution in [0, 0.1) is 0 Å². The normalized spacial score (nSPS) is 10.8. The molecule has 0 unspecified atom stereocenters. The number of rotatable bonds is 5. The molecule has 0 saturated heterocycles. The van der Waals surface area contributed by atoms with Crippen molar-refractivity contribution in [3.8, 4) is 5.75 Å². The van der Waals surface area contributed by atoms with E-state index in [9.17, 15) is 13.2 Å². The largest absolute Gasteiger partial charge is 0.423 e. The molecule has 22 heavy (non-hydrogen) atoms. The van der Waals surface area contributed by atoms with E-state index in [2.05, 4.69) is 10.1 Å². The van der Waals surface area contributed by atoms with Crippen LogP contribution in [0.2, 0.25) is 0 Å². The summed E-state index contributed by atoms with van der Waals surface area (Å²) in [4.78, 5) is 12.0. The van der Waals surface area contributed by atoms with Gasteiger partial charge >= 0.3 is 5.97 Å². The highest BCUT2D eigenvalue weighted by molar-refractivity contribution is 7.92. The zero-order valence-corrected chi connectivity index (χ0v) is 12.6. The number of carbonyl (C=O) groups excluding carboxylic acids is 1. The van der Waals surface area contributed by atoms with E-state index in [1.807, 2.05) is 0 Å². The quantitative estimate of drug-likeness (QED) is 0.334. The minimum Gasteiger partial charge on any atom is -0.423 e. The van der Waals surface area contributed by atoms with E-state index in [4.69, 9.17) is 10.6 Å². The first-order valence-electron chi connectivity index (χ1n) is 6.24. The van der Waals surface area contributed by atoms with Gasteiger partial charge in [-0.1, -0.05) is 0 Å². The van der Waals surface area contributed by atoms with Crippen LogP contribution in [0.4, 0.5) is 11.4 Å². The maximum absolute atomic E-state index is 12.0. The van der Waals surface area contributed by atoms with Crippen molar-refractivity contribution in [2.45, 2.75) is 0 Å². The number of benzene rings is 2. The number of nitrogen functional groups attached to an aromatic ring is 1. The van der Waals surface area contributed by atoms with Crippen molar-refractivity contribution in [2.75, 3.05) is 16.4 Å². The first kappa shape index (κ1) is 15.8. The number of esters is 1. The number of hydrogen-bond acceptors (Lipinski definition) is 6. The number of carbonyl (C=O) groups is 1. The van der Waals surface area contributed by atoms with Crippen LogP contribution >= 0.6 is 0 Å². The van der Waals surface area contributed by atoms with Crippen LogP contribution < -0.4 is 20.7 Å². The van der Waals surface area contributed by atoms with Crippen molar-refractivity contribution in [3.63, 3.8) is 0 Å². The molecule has 0 heterocycles. The zero-order chi connectivity index (χ0) is 16.2. The molecule has 0 spiro atoms. The van der Waals surface area contributed by atoms with Crippen LogP contribution in [0.5, 0.6) is 5.75 Å². The molecule has 0 atom stereocenters. The molecule has 7 nitrogen and oxygen atoms in total. The molecular formula is C14H15N3O4S. The predicted octanol–water partition coefficient (Wildman–Crippen LogP) is 1.56. The summed E-state index contributed by atoms with van der Waals surface area (Å²) in [7, 11) is -3.35. The highest BCUT2D eigenvalue weighted by atomic mass is 32.2. The highest BCUT2D eigenvalue weighted by Gasteiger charge is 2.09. The maximum Gasteiger partial charge on any atom is 0.343 e. The van der Waals surface area contributed by atoms with Crippen LogP contribution in [0.15, 0.2) is 48.5 Å². The molecule has 2 aromatic rings. The topological polar surface area (TPSA) is 111 Å². The fourth-order valence-corrected chi connectivity index (χ4v) is 2.24. The lowest BCUT2D eigenvalue weighted by Crippen LogP contribution is -2.11. The number of hydrazine groups is 1. The molecule has 2 aromatic carbocycles. The number of ether oxygens (including phenoxy) is 1. The minimum atomic E-state index is -3.35. The molecule has 0 aromatic heterocycles. The van der Waals surface area contributed by atoms with Gasteiger partial charge in [0.15, 0.2) is 0 Å². The summed E-state index contributed by atoms with van der Waals surface area (Å²) in [6, 6.07) is 12.5. The Hall–Kier alpha value is -2.58. The molecule has 0 fully saturated rings. The number of sulfonamides is 1. The summed E-state index contributed by atoms with van der Waals surface area (Å²) < 4.78 is 29.7. The first-order chi connectivity index (χ1) is 10.4.